The molecule has 1 heteroatoms. The van der Waals surface area contributed by atoms with E-state index in [0.29, 0.717) is 11.8 Å². The summed E-state index contributed by atoms with van der Waals surface area (Å²) in [5, 5.41) is 0. The first-order valence-corrected chi connectivity index (χ1v) is 4.29. The molecule has 0 nitrogen and oxygen atoms in total. The molecule has 3 atom stereocenters. The molecular weight excluding hydrogens is 209 g/mol. The summed E-state index contributed by atoms with van der Waals surface area (Å²) in [6.45, 7) is 12.8. The van der Waals surface area contributed by atoms with Crippen molar-refractivity contribution < 1.29 is 32.7 Å². The van der Waals surface area contributed by atoms with Crippen LogP contribution < -0.4 is 0 Å². The molecule has 1 aliphatic carbocycles. The predicted molar refractivity (Wildman–Crippen MR) is 45.3 cm³/mol. The first-order valence-electron chi connectivity index (χ1n) is 4.29. The van der Waals surface area contributed by atoms with Crippen LogP contribution in [0.4, 0.5) is 0 Å². The van der Waals surface area contributed by atoms with Gasteiger partial charge in [0.05, 0.1) is 0 Å². The summed E-state index contributed by atoms with van der Waals surface area (Å²) in [6.07, 6.45) is 2.64. The average molecular weight is 227 g/mol. The number of hydrogen-bond donors (Lipinski definition) is 0. The molecule has 1 rings (SSSR count). The van der Waals surface area contributed by atoms with E-state index < -0.39 is 0 Å². The number of rotatable bonds is 1. The molecular formula is C10H18Y-2. The van der Waals surface area contributed by atoms with Crippen molar-refractivity contribution in [3.8, 4) is 0 Å². The molecule has 1 fully saturated rings. The minimum Gasteiger partial charge on any atom is -0.342 e. The van der Waals surface area contributed by atoms with E-state index in [4.69, 9.17) is 0 Å². The van der Waals surface area contributed by atoms with Gasteiger partial charge in [-0.3, -0.25) is 0 Å². The summed E-state index contributed by atoms with van der Waals surface area (Å²) in [6, 6.07) is 0. The van der Waals surface area contributed by atoms with E-state index in [-0.39, 0.29) is 32.7 Å². The minimum absolute atomic E-state index is 0. The normalized spacial score (nSPS) is 37.4. The summed E-state index contributed by atoms with van der Waals surface area (Å²) >= 11 is 0. The van der Waals surface area contributed by atoms with Crippen LogP contribution >= 0.6 is 0 Å². The molecule has 0 aliphatic heterocycles. The Balaban J connectivity index is 0.000001000. The van der Waals surface area contributed by atoms with Gasteiger partial charge >= 0.3 is 0 Å². The van der Waals surface area contributed by atoms with Gasteiger partial charge < -0.3 is 13.8 Å². The van der Waals surface area contributed by atoms with Gasteiger partial charge in [-0.05, 0) is 5.92 Å². The van der Waals surface area contributed by atoms with Gasteiger partial charge in [-0.25, -0.2) is 0 Å². The Morgan fingerprint density at radius 2 is 1.73 bits per heavy atom. The molecule has 0 amide bonds. The van der Waals surface area contributed by atoms with Crippen molar-refractivity contribution in [2.75, 3.05) is 0 Å². The average Bonchev–Trinajstić information content (AvgIpc) is 2.14. The van der Waals surface area contributed by atoms with Crippen LogP contribution in [-0.2, 0) is 32.7 Å². The van der Waals surface area contributed by atoms with E-state index in [2.05, 4.69) is 27.7 Å². The molecule has 0 aromatic heterocycles. The maximum absolute atomic E-state index is 4.16. The van der Waals surface area contributed by atoms with E-state index in [1.54, 1.807) is 0 Å². The first-order chi connectivity index (χ1) is 4.63. The monoisotopic (exact) mass is 227 g/mol. The Kier molecular flexibility index (Phi) is 5.47. The summed E-state index contributed by atoms with van der Waals surface area (Å²) in [7, 11) is 0. The van der Waals surface area contributed by atoms with Crippen molar-refractivity contribution >= 4 is 0 Å². The van der Waals surface area contributed by atoms with E-state index in [1.165, 1.54) is 12.8 Å². The van der Waals surface area contributed by atoms with Gasteiger partial charge in [-0.15, -0.1) is 0 Å². The smallest absolute Gasteiger partial charge is 0 e. The molecule has 0 bridgehead atoms. The van der Waals surface area contributed by atoms with Crippen molar-refractivity contribution in [2.45, 2.75) is 26.7 Å². The van der Waals surface area contributed by atoms with Crippen molar-refractivity contribution in [1.82, 2.24) is 0 Å². The van der Waals surface area contributed by atoms with Gasteiger partial charge in [0.1, 0.15) is 0 Å². The fourth-order valence-electron chi connectivity index (χ4n) is 2.01. The van der Waals surface area contributed by atoms with Gasteiger partial charge in [-0.2, -0.15) is 11.8 Å². The Morgan fingerprint density at radius 1 is 1.18 bits per heavy atom. The van der Waals surface area contributed by atoms with Gasteiger partial charge in [0.25, 0.3) is 0 Å². The third-order valence-corrected chi connectivity index (χ3v) is 2.88. The van der Waals surface area contributed by atoms with E-state index in [9.17, 15) is 0 Å². The molecule has 1 saturated carbocycles. The van der Waals surface area contributed by atoms with Crippen molar-refractivity contribution in [2.24, 2.45) is 23.7 Å². The van der Waals surface area contributed by atoms with Crippen LogP contribution in [0.5, 0.6) is 0 Å². The molecule has 0 N–H and O–H groups in total. The standard InChI is InChI=1S/C10H18.Y/c1-7(2)10-6-5-8(3)9(10)4;/h7-10H,3-6H2,1-2H3;/q-2;. The molecule has 1 radical (unpaired) electrons. The van der Waals surface area contributed by atoms with Crippen LogP contribution in [0.3, 0.4) is 0 Å². The summed E-state index contributed by atoms with van der Waals surface area (Å²) in [5.41, 5.74) is 0. The van der Waals surface area contributed by atoms with Crippen LogP contribution in [0.2, 0.25) is 0 Å². The molecule has 0 aromatic carbocycles. The molecule has 1 aliphatic rings. The second-order valence-corrected chi connectivity index (χ2v) is 3.91. The van der Waals surface area contributed by atoms with Crippen LogP contribution in [-0.4, -0.2) is 0 Å². The predicted octanol–water partition coefficient (Wildman–Crippen LogP) is 2.95. The Morgan fingerprint density at radius 3 is 1.91 bits per heavy atom. The van der Waals surface area contributed by atoms with Crippen LogP contribution in [0.25, 0.3) is 0 Å². The molecule has 11 heavy (non-hydrogen) atoms. The third-order valence-electron chi connectivity index (χ3n) is 2.88. The van der Waals surface area contributed by atoms with Gasteiger partial charge in [0.15, 0.2) is 0 Å². The van der Waals surface area contributed by atoms with Gasteiger partial charge in [0.2, 0.25) is 0 Å². The SMILES string of the molecule is [CH2-]C1CCC(C(C)C)C1[CH2-].[Y]. The van der Waals surface area contributed by atoms with E-state index in [1.807, 2.05) is 0 Å². The van der Waals surface area contributed by atoms with E-state index >= 15 is 0 Å². The molecule has 0 spiro atoms. The van der Waals surface area contributed by atoms with Crippen molar-refractivity contribution in [1.29, 1.82) is 0 Å². The van der Waals surface area contributed by atoms with E-state index in [0.717, 1.165) is 11.8 Å². The zero-order chi connectivity index (χ0) is 7.72. The second-order valence-electron chi connectivity index (χ2n) is 3.91. The quantitative estimate of drug-likeness (QED) is 0.604. The molecule has 0 heterocycles. The number of hydrogen-bond acceptors (Lipinski definition) is 0. The maximum atomic E-state index is 4.16. The van der Waals surface area contributed by atoms with Crippen molar-refractivity contribution in [3.05, 3.63) is 13.8 Å². The zero-order valence-corrected chi connectivity index (χ0v) is 10.6. The van der Waals surface area contributed by atoms with Gasteiger partial charge in [0, 0.05) is 32.7 Å². The van der Waals surface area contributed by atoms with Crippen LogP contribution in [0.15, 0.2) is 0 Å². The maximum Gasteiger partial charge on any atom is 0 e. The zero-order valence-electron chi connectivity index (χ0n) is 7.72. The third kappa shape index (κ3) is 2.81. The Hall–Kier alpha value is 1.10. The second kappa shape index (κ2) is 4.97. The topological polar surface area (TPSA) is 0 Å². The van der Waals surface area contributed by atoms with Gasteiger partial charge in [-0.1, -0.05) is 32.6 Å². The summed E-state index contributed by atoms with van der Waals surface area (Å²) in [4.78, 5) is 0. The molecule has 63 valence electrons. The molecule has 0 aromatic rings. The van der Waals surface area contributed by atoms with Crippen molar-refractivity contribution in [3.63, 3.8) is 0 Å². The summed E-state index contributed by atoms with van der Waals surface area (Å²) < 4.78 is 0. The summed E-state index contributed by atoms with van der Waals surface area (Å²) in [5.74, 6) is 2.86. The Bertz CT molecular complexity index is 109. The van der Waals surface area contributed by atoms with Crippen LogP contribution in [0.1, 0.15) is 26.7 Å². The fourth-order valence-corrected chi connectivity index (χ4v) is 2.01. The molecule has 3 unspecified atom stereocenters. The Labute approximate surface area is 96.4 Å². The first kappa shape index (κ1) is 12.1. The fraction of sp³-hybridized carbons (Fsp3) is 0.800. The minimum atomic E-state index is 0. The largest absolute Gasteiger partial charge is 0.342 e. The van der Waals surface area contributed by atoms with Crippen LogP contribution in [0, 0.1) is 37.5 Å². The molecule has 0 saturated heterocycles.